The normalized spacial score (nSPS) is 33.8. The zero-order valence-electron chi connectivity index (χ0n) is 8.34. The molecule has 2 aliphatic heterocycles. The number of amides is 2. The highest BCUT2D eigenvalue weighted by Crippen LogP contribution is 2.30. The Morgan fingerprint density at radius 3 is 2.92 bits per heavy atom. The van der Waals surface area contributed by atoms with Crippen molar-refractivity contribution in [2.75, 3.05) is 33.2 Å². The van der Waals surface area contributed by atoms with Crippen molar-refractivity contribution in [2.45, 2.75) is 18.9 Å². The fraction of sp³-hybridized carbons (Fsp3) is 0.889. The van der Waals surface area contributed by atoms with E-state index in [-0.39, 0.29) is 11.6 Å². The van der Waals surface area contributed by atoms with Gasteiger partial charge in [-0.25, -0.2) is 4.79 Å². The van der Waals surface area contributed by atoms with Crippen molar-refractivity contribution >= 4 is 6.03 Å². The van der Waals surface area contributed by atoms with E-state index in [1.807, 2.05) is 16.8 Å². The lowest BCUT2D eigenvalue weighted by Crippen LogP contribution is -2.48. The van der Waals surface area contributed by atoms with E-state index >= 15 is 0 Å². The molecule has 0 bridgehead atoms. The van der Waals surface area contributed by atoms with Gasteiger partial charge in [-0.1, -0.05) is 0 Å². The summed E-state index contributed by atoms with van der Waals surface area (Å²) in [4.78, 5) is 15.6. The number of nitrogens with zero attached hydrogens (tertiary/aromatic N) is 2. The van der Waals surface area contributed by atoms with Crippen molar-refractivity contribution in [3.63, 3.8) is 0 Å². The maximum Gasteiger partial charge on any atom is 0.320 e. The van der Waals surface area contributed by atoms with E-state index < -0.39 is 0 Å². The van der Waals surface area contributed by atoms with Crippen LogP contribution in [0.2, 0.25) is 0 Å². The summed E-state index contributed by atoms with van der Waals surface area (Å²) < 4.78 is 0. The molecule has 0 aromatic carbocycles. The third-order valence-electron chi connectivity index (χ3n) is 3.20. The molecule has 74 valence electrons. The summed E-state index contributed by atoms with van der Waals surface area (Å²) in [7, 11) is 1.89. The topological polar surface area (TPSA) is 35.6 Å². The number of rotatable bonds is 1. The fourth-order valence-electron chi connectivity index (χ4n) is 2.57. The van der Waals surface area contributed by atoms with Crippen molar-refractivity contribution in [1.29, 1.82) is 0 Å². The van der Waals surface area contributed by atoms with Gasteiger partial charge in [-0.2, -0.15) is 0 Å². The number of urea groups is 1. The highest BCUT2D eigenvalue weighted by molar-refractivity contribution is 5.78. The maximum atomic E-state index is 11.7. The molecule has 1 unspecified atom stereocenters. The highest BCUT2D eigenvalue weighted by Gasteiger charge is 2.48. The van der Waals surface area contributed by atoms with Crippen molar-refractivity contribution in [3.8, 4) is 0 Å². The molecule has 0 radical (unpaired) electrons. The van der Waals surface area contributed by atoms with Crippen molar-refractivity contribution in [2.24, 2.45) is 0 Å². The van der Waals surface area contributed by atoms with Gasteiger partial charge in [0.05, 0.1) is 5.54 Å². The van der Waals surface area contributed by atoms with E-state index in [1.165, 1.54) is 0 Å². The van der Waals surface area contributed by atoms with Gasteiger partial charge in [-0.05, 0) is 19.9 Å². The molecule has 2 saturated heterocycles. The third-order valence-corrected chi connectivity index (χ3v) is 3.20. The SMILES string of the molecule is CCN1C(=O)N(C)CC12CCNC2. The van der Waals surface area contributed by atoms with Gasteiger partial charge in [-0.15, -0.1) is 0 Å². The Morgan fingerprint density at radius 2 is 2.38 bits per heavy atom. The summed E-state index contributed by atoms with van der Waals surface area (Å²) in [6.45, 7) is 5.75. The van der Waals surface area contributed by atoms with E-state index in [0.29, 0.717) is 0 Å². The standard InChI is InChI=1S/C9H17N3O/c1-3-12-8(13)11(2)7-9(12)4-5-10-6-9/h10H,3-7H2,1-2H3. The third kappa shape index (κ3) is 1.12. The molecular formula is C9H17N3O. The van der Waals surface area contributed by atoms with E-state index in [4.69, 9.17) is 0 Å². The molecule has 1 atom stereocenters. The molecule has 13 heavy (non-hydrogen) atoms. The van der Waals surface area contributed by atoms with Crippen molar-refractivity contribution in [1.82, 2.24) is 15.1 Å². The van der Waals surface area contributed by atoms with Crippen LogP contribution in [0.5, 0.6) is 0 Å². The van der Waals surface area contributed by atoms with E-state index in [9.17, 15) is 4.79 Å². The quantitative estimate of drug-likeness (QED) is 0.626. The van der Waals surface area contributed by atoms with Crippen LogP contribution in [0.15, 0.2) is 0 Å². The monoisotopic (exact) mass is 183 g/mol. The Kier molecular flexibility index (Phi) is 1.95. The van der Waals surface area contributed by atoms with Crippen LogP contribution < -0.4 is 5.32 Å². The average Bonchev–Trinajstić information content (AvgIpc) is 2.62. The van der Waals surface area contributed by atoms with Crippen molar-refractivity contribution < 1.29 is 4.79 Å². The van der Waals surface area contributed by atoms with E-state index in [1.54, 1.807) is 0 Å². The largest absolute Gasteiger partial charge is 0.325 e. The Bertz CT molecular complexity index is 223. The molecule has 2 rings (SSSR count). The molecule has 0 aliphatic carbocycles. The smallest absolute Gasteiger partial charge is 0.320 e. The second-order valence-corrected chi connectivity index (χ2v) is 4.03. The summed E-state index contributed by atoms with van der Waals surface area (Å²) in [5.41, 5.74) is 0.0978. The first-order chi connectivity index (χ1) is 6.19. The number of carbonyl (C=O) groups is 1. The molecule has 2 aliphatic rings. The first-order valence-electron chi connectivity index (χ1n) is 4.93. The van der Waals surface area contributed by atoms with Gasteiger partial charge in [0.15, 0.2) is 0 Å². The summed E-state index contributed by atoms with van der Waals surface area (Å²) in [5.74, 6) is 0. The minimum atomic E-state index is 0.0978. The molecule has 1 spiro atoms. The lowest BCUT2D eigenvalue weighted by molar-refractivity contribution is 0.169. The first kappa shape index (κ1) is 8.81. The maximum absolute atomic E-state index is 11.7. The van der Waals surface area contributed by atoms with Crippen LogP contribution in [0.3, 0.4) is 0 Å². The number of nitrogens with one attached hydrogen (secondary N) is 1. The molecule has 0 saturated carbocycles. The van der Waals surface area contributed by atoms with Crippen molar-refractivity contribution in [3.05, 3.63) is 0 Å². The predicted molar refractivity (Wildman–Crippen MR) is 50.6 cm³/mol. The van der Waals surface area contributed by atoms with Crippen LogP contribution in [0, 0.1) is 0 Å². The minimum absolute atomic E-state index is 0.0978. The average molecular weight is 183 g/mol. The lowest BCUT2D eigenvalue weighted by atomic mass is 9.98. The molecule has 0 aromatic heterocycles. The Labute approximate surface area is 78.9 Å². The molecule has 2 heterocycles. The van der Waals surface area contributed by atoms with Crippen LogP contribution in [0.4, 0.5) is 4.79 Å². The van der Waals surface area contributed by atoms with Gasteiger partial charge < -0.3 is 15.1 Å². The summed E-state index contributed by atoms with van der Waals surface area (Å²) in [5, 5.41) is 3.34. The van der Waals surface area contributed by atoms with Crippen LogP contribution in [0.1, 0.15) is 13.3 Å². The Morgan fingerprint density at radius 1 is 1.62 bits per heavy atom. The molecule has 0 aromatic rings. The second-order valence-electron chi connectivity index (χ2n) is 4.03. The molecular weight excluding hydrogens is 166 g/mol. The number of hydrogen-bond acceptors (Lipinski definition) is 2. The Balaban J connectivity index is 2.23. The zero-order chi connectivity index (χ0) is 9.47. The number of hydrogen-bond donors (Lipinski definition) is 1. The van der Waals surface area contributed by atoms with Gasteiger partial charge >= 0.3 is 6.03 Å². The van der Waals surface area contributed by atoms with E-state index in [2.05, 4.69) is 12.2 Å². The van der Waals surface area contributed by atoms with Gasteiger partial charge in [0.25, 0.3) is 0 Å². The first-order valence-corrected chi connectivity index (χ1v) is 4.93. The molecule has 1 N–H and O–H groups in total. The minimum Gasteiger partial charge on any atom is -0.325 e. The molecule has 4 nitrogen and oxygen atoms in total. The van der Waals surface area contributed by atoms with Crippen LogP contribution in [-0.2, 0) is 0 Å². The zero-order valence-corrected chi connectivity index (χ0v) is 8.34. The highest BCUT2D eigenvalue weighted by atomic mass is 16.2. The van der Waals surface area contributed by atoms with Gasteiger partial charge in [0, 0.05) is 26.7 Å². The fourth-order valence-corrected chi connectivity index (χ4v) is 2.57. The number of carbonyl (C=O) groups excluding carboxylic acids is 1. The summed E-state index contributed by atoms with van der Waals surface area (Å²) in [6, 6.07) is 0.186. The van der Waals surface area contributed by atoms with Gasteiger partial charge in [-0.3, -0.25) is 0 Å². The predicted octanol–water partition coefficient (Wildman–Crippen LogP) is 0.106. The van der Waals surface area contributed by atoms with Crippen LogP contribution in [-0.4, -0.2) is 54.6 Å². The Hall–Kier alpha value is -0.770. The molecule has 4 heteroatoms. The van der Waals surface area contributed by atoms with Gasteiger partial charge in [0.2, 0.25) is 0 Å². The second kappa shape index (κ2) is 2.87. The van der Waals surface area contributed by atoms with Crippen LogP contribution >= 0.6 is 0 Å². The van der Waals surface area contributed by atoms with Crippen LogP contribution in [0.25, 0.3) is 0 Å². The summed E-state index contributed by atoms with van der Waals surface area (Å²) >= 11 is 0. The molecule has 2 fully saturated rings. The number of likely N-dealkylation sites (N-methyl/N-ethyl adjacent to an activating group) is 2. The molecule has 2 amide bonds. The lowest BCUT2D eigenvalue weighted by Gasteiger charge is -2.31. The summed E-state index contributed by atoms with van der Waals surface area (Å²) in [6.07, 6.45) is 1.09. The van der Waals surface area contributed by atoms with E-state index in [0.717, 1.165) is 32.6 Å². The van der Waals surface area contributed by atoms with Gasteiger partial charge in [0.1, 0.15) is 0 Å².